The van der Waals surface area contributed by atoms with E-state index in [-0.39, 0.29) is 11.8 Å². The summed E-state index contributed by atoms with van der Waals surface area (Å²) >= 11 is 1.47. The Morgan fingerprint density at radius 1 is 1.29 bits per heavy atom. The van der Waals surface area contributed by atoms with Crippen LogP contribution in [0.1, 0.15) is 32.6 Å². The minimum Gasteiger partial charge on any atom is -0.288 e. The van der Waals surface area contributed by atoms with E-state index in [0.717, 1.165) is 12.2 Å². The molecule has 0 unspecified atom stereocenters. The number of carbonyl (C=O) groups excluding carboxylic acids is 2. The van der Waals surface area contributed by atoms with Gasteiger partial charge in [-0.25, -0.2) is 0 Å². The summed E-state index contributed by atoms with van der Waals surface area (Å²) in [6.07, 6.45) is 6.15. The molecule has 1 N–H and O–H groups in total. The van der Waals surface area contributed by atoms with E-state index in [1.165, 1.54) is 37.1 Å². The summed E-state index contributed by atoms with van der Waals surface area (Å²) in [5, 5.41) is 2.23. The first-order chi connectivity index (χ1) is 6.74. The maximum absolute atomic E-state index is 11.1. The predicted molar refractivity (Wildman–Crippen MR) is 57.8 cm³/mol. The van der Waals surface area contributed by atoms with Crippen LogP contribution in [0.15, 0.2) is 11.0 Å². The van der Waals surface area contributed by atoms with Crippen molar-refractivity contribution in [2.45, 2.75) is 32.6 Å². The molecule has 1 rings (SSSR count). The second kappa shape index (κ2) is 5.86. The first-order valence-corrected chi connectivity index (χ1v) is 5.92. The van der Waals surface area contributed by atoms with Crippen molar-refractivity contribution in [1.82, 2.24) is 5.32 Å². The number of rotatable bonds is 6. The summed E-state index contributed by atoms with van der Waals surface area (Å²) in [5.41, 5.74) is 0. The van der Waals surface area contributed by atoms with Gasteiger partial charge in [0, 0.05) is 6.08 Å². The summed E-state index contributed by atoms with van der Waals surface area (Å²) in [7, 11) is 0. The molecule has 0 aromatic heterocycles. The fraction of sp³-hybridized carbons (Fsp3) is 0.600. The van der Waals surface area contributed by atoms with Crippen LogP contribution in [0, 0.1) is 0 Å². The third-order valence-corrected chi connectivity index (χ3v) is 3.09. The molecule has 0 spiro atoms. The Hall–Kier alpha value is -0.770. The lowest BCUT2D eigenvalue weighted by atomic mass is 10.2. The molecule has 0 aromatic rings. The highest BCUT2D eigenvalue weighted by Crippen LogP contribution is 2.20. The molecule has 0 atom stereocenters. The Labute approximate surface area is 88.3 Å². The van der Waals surface area contributed by atoms with Gasteiger partial charge < -0.3 is 0 Å². The third-order valence-electron chi connectivity index (χ3n) is 1.98. The number of nitrogens with one attached hydrogen (secondary N) is 1. The maximum Gasteiger partial charge on any atom is 0.264 e. The highest BCUT2D eigenvalue weighted by molar-refractivity contribution is 8.04. The summed E-state index contributed by atoms with van der Waals surface area (Å²) in [4.78, 5) is 22.4. The zero-order chi connectivity index (χ0) is 10.4. The molecule has 1 aliphatic heterocycles. The highest BCUT2D eigenvalue weighted by Gasteiger charge is 2.20. The molecule has 0 bridgehead atoms. The topological polar surface area (TPSA) is 46.2 Å². The van der Waals surface area contributed by atoms with E-state index >= 15 is 0 Å². The standard InChI is InChI=1S/C10H15NO2S/c1-2-3-4-5-6-14-8-7-9(12)11-10(8)13/h7H,2-6H2,1H3,(H,11,12,13). The molecule has 0 fully saturated rings. The molecule has 0 aromatic carbocycles. The van der Waals surface area contributed by atoms with E-state index in [1.54, 1.807) is 0 Å². The largest absolute Gasteiger partial charge is 0.288 e. The van der Waals surface area contributed by atoms with Crippen LogP contribution >= 0.6 is 11.8 Å². The van der Waals surface area contributed by atoms with Crippen molar-refractivity contribution in [3.05, 3.63) is 11.0 Å². The van der Waals surface area contributed by atoms with Crippen LogP contribution in [0.25, 0.3) is 0 Å². The zero-order valence-corrected chi connectivity index (χ0v) is 9.15. The number of hydrogen-bond donors (Lipinski definition) is 1. The fourth-order valence-corrected chi connectivity index (χ4v) is 2.15. The normalized spacial score (nSPS) is 15.6. The molecule has 78 valence electrons. The number of carbonyl (C=O) groups is 2. The van der Waals surface area contributed by atoms with Gasteiger partial charge in [0.15, 0.2) is 0 Å². The van der Waals surface area contributed by atoms with Crippen molar-refractivity contribution in [1.29, 1.82) is 0 Å². The second-order valence-corrected chi connectivity index (χ2v) is 4.37. The van der Waals surface area contributed by atoms with Crippen LogP contribution in [-0.2, 0) is 9.59 Å². The van der Waals surface area contributed by atoms with Crippen LogP contribution < -0.4 is 5.32 Å². The molecule has 0 saturated carbocycles. The van der Waals surface area contributed by atoms with Crippen LogP contribution in [0.3, 0.4) is 0 Å². The van der Waals surface area contributed by atoms with Gasteiger partial charge in [0.1, 0.15) is 0 Å². The average molecular weight is 213 g/mol. The van der Waals surface area contributed by atoms with Crippen LogP contribution in [-0.4, -0.2) is 17.6 Å². The molecule has 4 heteroatoms. The molecule has 14 heavy (non-hydrogen) atoms. The fourth-order valence-electron chi connectivity index (χ4n) is 1.21. The van der Waals surface area contributed by atoms with E-state index in [0.29, 0.717) is 4.91 Å². The lowest BCUT2D eigenvalue weighted by Gasteiger charge is -1.99. The quantitative estimate of drug-likeness (QED) is 0.541. The van der Waals surface area contributed by atoms with Crippen molar-refractivity contribution in [3.63, 3.8) is 0 Å². The first-order valence-electron chi connectivity index (χ1n) is 4.94. The van der Waals surface area contributed by atoms with E-state index < -0.39 is 0 Å². The molecule has 1 heterocycles. The number of hydrogen-bond acceptors (Lipinski definition) is 3. The number of amides is 2. The first kappa shape index (κ1) is 11.3. The minimum atomic E-state index is -0.286. The molecule has 0 aliphatic carbocycles. The lowest BCUT2D eigenvalue weighted by Crippen LogP contribution is -2.21. The van der Waals surface area contributed by atoms with Gasteiger partial charge in [-0.3, -0.25) is 14.9 Å². The van der Waals surface area contributed by atoms with Gasteiger partial charge >= 0.3 is 0 Å². The third kappa shape index (κ3) is 3.54. The second-order valence-electron chi connectivity index (χ2n) is 3.24. The summed E-state index contributed by atoms with van der Waals surface area (Å²) in [6, 6.07) is 0. The molecule has 0 radical (unpaired) electrons. The van der Waals surface area contributed by atoms with Gasteiger partial charge in [0.05, 0.1) is 4.91 Å². The Bertz CT molecular complexity index is 261. The van der Waals surface area contributed by atoms with E-state index in [2.05, 4.69) is 12.2 Å². The SMILES string of the molecule is CCCCCCSC1=CC(=O)NC1=O. The van der Waals surface area contributed by atoms with Gasteiger partial charge in [-0.2, -0.15) is 0 Å². The predicted octanol–water partition coefficient (Wildman–Crippen LogP) is 1.84. The Morgan fingerprint density at radius 3 is 2.64 bits per heavy atom. The highest BCUT2D eigenvalue weighted by atomic mass is 32.2. The van der Waals surface area contributed by atoms with Crippen molar-refractivity contribution in [3.8, 4) is 0 Å². The molecule has 2 amide bonds. The Kier molecular flexibility index (Phi) is 4.73. The number of imide groups is 1. The molecule has 3 nitrogen and oxygen atoms in total. The molecule has 0 saturated heterocycles. The molecule has 1 aliphatic rings. The Balaban J connectivity index is 2.15. The number of thioether (sulfide) groups is 1. The monoisotopic (exact) mass is 213 g/mol. The summed E-state index contributed by atoms with van der Waals surface area (Å²) in [6.45, 7) is 2.17. The van der Waals surface area contributed by atoms with Crippen LogP contribution in [0.4, 0.5) is 0 Å². The van der Waals surface area contributed by atoms with Crippen molar-refractivity contribution >= 4 is 23.6 Å². The Morgan fingerprint density at radius 2 is 2.07 bits per heavy atom. The van der Waals surface area contributed by atoms with Gasteiger partial charge in [-0.1, -0.05) is 26.2 Å². The van der Waals surface area contributed by atoms with Gasteiger partial charge in [0.25, 0.3) is 11.8 Å². The smallest absolute Gasteiger partial charge is 0.264 e. The molecular weight excluding hydrogens is 198 g/mol. The van der Waals surface area contributed by atoms with Gasteiger partial charge in [0.2, 0.25) is 0 Å². The maximum atomic E-state index is 11.1. The van der Waals surface area contributed by atoms with Crippen molar-refractivity contribution < 1.29 is 9.59 Å². The van der Waals surface area contributed by atoms with Crippen LogP contribution in [0.5, 0.6) is 0 Å². The molecular formula is C10H15NO2S. The van der Waals surface area contributed by atoms with Crippen molar-refractivity contribution in [2.75, 3.05) is 5.75 Å². The van der Waals surface area contributed by atoms with Crippen molar-refractivity contribution in [2.24, 2.45) is 0 Å². The van der Waals surface area contributed by atoms with E-state index in [9.17, 15) is 9.59 Å². The van der Waals surface area contributed by atoms with Crippen LogP contribution in [0.2, 0.25) is 0 Å². The van der Waals surface area contributed by atoms with E-state index in [4.69, 9.17) is 0 Å². The number of unbranched alkanes of at least 4 members (excludes halogenated alkanes) is 3. The van der Waals surface area contributed by atoms with E-state index in [1.807, 2.05) is 0 Å². The van der Waals surface area contributed by atoms with Gasteiger partial charge in [-0.05, 0) is 12.2 Å². The zero-order valence-electron chi connectivity index (χ0n) is 8.34. The minimum absolute atomic E-state index is 0.240. The lowest BCUT2D eigenvalue weighted by molar-refractivity contribution is -0.123. The average Bonchev–Trinajstić information content (AvgIpc) is 2.45. The summed E-state index contributed by atoms with van der Waals surface area (Å²) < 4.78 is 0. The summed E-state index contributed by atoms with van der Waals surface area (Å²) in [5.74, 6) is 0.397. The van der Waals surface area contributed by atoms with Gasteiger partial charge in [-0.15, -0.1) is 11.8 Å².